The number of benzene rings is 3. The van der Waals surface area contributed by atoms with Gasteiger partial charge in [0.25, 0.3) is 5.56 Å². The summed E-state index contributed by atoms with van der Waals surface area (Å²) in [6.45, 7) is 5.35. The highest BCUT2D eigenvalue weighted by atomic mass is 127. The number of aromatic nitrogens is 1. The molecular weight excluding hydrogens is 834 g/mol. The SMILES string of the molecule is CCOC(=O)C1=C(C)N=c2s/c(=C\c3cc(Br)c(OCc4ccccc4F)c(I)c3)c(=O)n2[C@@H]1c1ccc(OCC(=O)OC)c(OCC)c1. The molecule has 10 nitrogen and oxygen atoms in total. The highest BCUT2D eigenvalue weighted by Gasteiger charge is 2.34. The zero-order chi connectivity index (χ0) is 35.2. The molecule has 1 aliphatic heterocycles. The number of allylic oxidation sites excluding steroid dienone is 1. The first-order valence-electron chi connectivity index (χ1n) is 15.1. The number of carbonyl (C=O) groups is 2. The van der Waals surface area contributed by atoms with Crippen molar-refractivity contribution >= 4 is 67.9 Å². The predicted octanol–water partition coefficient (Wildman–Crippen LogP) is 5.83. The van der Waals surface area contributed by atoms with Crippen LogP contribution in [0.5, 0.6) is 17.2 Å². The molecule has 3 aromatic carbocycles. The number of esters is 2. The van der Waals surface area contributed by atoms with Gasteiger partial charge in [-0.05, 0) is 107 Å². The lowest BCUT2D eigenvalue weighted by atomic mass is 9.95. The molecule has 1 aliphatic rings. The van der Waals surface area contributed by atoms with Crippen LogP contribution in [0.2, 0.25) is 0 Å². The fraction of sp³-hybridized carbons (Fsp3) is 0.257. The van der Waals surface area contributed by atoms with E-state index in [4.69, 9.17) is 18.9 Å². The van der Waals surface area contributed by atoms with Gasteiger partial charge in [-0.1, -0.05) is 35.6 Å². The average Bonchev–Trinajstić information content (AvgIpc) is 3.37. The summed E-state index contributed by atoms with van der Waals surface area (Å²) < 4.78 is 44.9. The van der Waals surface area contributed by atoms with E-state index in [1.165, 1.54) is 29.1 Å². The number of rotatable bonds is 12. The Morgan fingerprint density at radius 2 is 1.84 bits per heavy atom. The minimum atomic E-state index is -0.896. The second-order valence-electron chi connectivity index (χ2n) is 10.5. The highest BCUT2D eigenvalue weighted by Crippen LogP contribution is 2.37. The van der Waals surface area contributed by atoms with Crippen LogP contribution in [-0.2, 0) is 25.7 Å². The Morgan fingerprint density at radius 3 is 2.53 bits per heavy atom. The van der Waals surface area contributed by atoms with Crippen molar-refractivity contribution in [3.8, 4) is 17.2 Å². The van der Waals surface area contributed by atoms with E-state index < -0.39 is 18.0 Å². The molecule has 2 heterocycles. The van der Waals surface area contributed by atoms with E-state index in [0.717, 1.165) is 3.57 Å². The number of methoxy groups -OCH3 is 1. The second kappa shape index (κ2) is 16.1. The molecule has 0 aliphatic carbocycles. The van der Waals surface area contributed by atoms with Gasteiger partial charge in [-0.3, -0.25) is 9.36 Å². The lowest BCUT2D eigenvalue weighted by Gasteiger charge is -2.25. The van der Waals surface area contributed by atoms with Crippen LogP contribution in [0.25, 0.3) is 6.08 Å². The van der Waals surface area contributed by atoms with Gasteiger partial charge in [0.1, 0.15) is 18.2 Å². The molecule has 1 aromatic heterocycles. The summed E-state index contributed by atoms with van der Waals surface area (Å²) in [5, 5.41) is 0. The van der Waals surface area contributed by atoms with Crippen molar-refractivity contribution < 1.29 is 37.7 Å². The van der Waals surface area contributed by atoms with Gasteiger partial charge in [-0.15, -0.1) is 0 Å². The molecule has 256 valence electrons. The average molecular weight is 866 g/mol. The van der Waals surface area contributed by atoms with E-state index in [2.05, 4.69) is 48.3 Å². The Hall–Kier alpha value is -4.02. The van der Waals surface area contributed by atoms with Gasteiger partial charge >= 0.3 is 11.9 Å². The number of ether oxygens (including phenoxy) is 5. The Bertz CT molecular complexity index is 2110. The van der Waals surface area contributed by atoms with Crippen LogP contribution in [0, 0.1) is 9.39 Å². The summed E-state index contributed by atoms with van der Waals surface area (Å²) in [7, 11) is 1.26. The number of thiazole rings is 1. The minimum absolute atomic E-state index is 0.0464. The topological polar surface area (TPSA) is 115 Å². The van der Waals surface area contributed by atoms with Gasteiger partial charge < -0.3 is 23.7 Å². The van der Waals surface area contributed by atoms with Crippen molar-refractivity contribution in [2.45, 2.75) is 33.4 Å². The molecule has 0 radical (unpaired) electrons. The van der Waals surface area contributed by atoms with Gasteiger partial charge in [0, 0.05) is 5.56 Å². The number of halogens is 3. The number of nitrogens with zero attached hydrogens (tertiary/aromatic N) is 2. The maximum absolute atomic E-state index is 14.2. The van der Waals surface area contributed by atoms with Crippen molar-refractivity contribution in [2.24, 2.45) is 4.99 Å². The third-order valence-corrected chi connectivity index (χ3v) is 9.70. The molecule has 0 amide bonds. The number of hydrogen-bond donors (Lipinski definition) is 0. The van der Waals surface area contributed by atoms with Crippen LogP contribution in [0.1, 0.15) is 43.5 Å². The molecule has 0 spiro atoms. The standard InChI is InChI=1S/C35H31BrFIN2O8S/c1-5-45-27-16-21(11-12-26(27)47-18-29(41)44-4)31-30(34(43)46-6-2)19(3)39-35-40(31)33(42)28(49-35)15-20-13-23(36)32(25(38)14-20)48-17-22-9-7-8-10-24(22)37/h7-16,31H,5-6,17-18H2,1-4H3/b28-15-/t31-/m1/s1. The predicted molar refractivity (Wildman–Crippen MR) is 193 cm³/mol. The summed E-state index contributed by atoms with van der Waals surface area (Å²) in [4.78, 5) is 44.3. The fourth-order valence-corrected chi connectivity index (χ4v) is 7.92. The van der Waals surface area contributed by atoms with Crippen LogP contribution in [0.3, 0.4) is 0 Å². The monoisotopic (exact) mass is 864 g/mol. The van der Waals surface area contributed by atoms with Gasteiger partial charge in [0.2, 0.25) is 0 Å². The quantitative estimate of drug-likeness (QED) is 0.129. The van der Waals surface area contributed by atoms with E-state index in [0.29, 0.717) is 60.0 Å². The molecule has 4 aromatic rings. The fourth-order valence-electron chi connectivity index (χ4n) is 5.10. The normalized spacial score (nSPS) is 14.2. The van der Waals surface area contributed by atoms with Gasteiger partial charge in [-0.25, -0.2) is 19.0 Å². The minimum Gasteiger partial charge on any atom is -0.490 e. The van der Waals surface area contributed by atoms with Crippen molar-refractivity contribution in [1.29, 1.82) is 0 Å². The molecule has 5 rings (SSSR count). The zero-order valence-corrected chi connectivity index (χ0v) is 31.4. The molecule has 1 atom stereocenters. The van der Waals surface area contributed by atoms with Gasteiger partial charge in [0.15, 0.2) is 22.9 Å². The maximum Gasteiger partial charge on any atom is 0.343 e. The molecule has 0 saturated heterocycles. The second-order valence-corrected chi connectivity index (χ2v) is 13.5. The summed E-state index contributed by atoms with van der Waals surface area (Å²) in [6, 6.07) is 14.2. The first-order chi connectivity index (χ1) is 23.6. The maximum atomic E-state index is 14.2. The first kappa shape index (κ1) is 36.3. The summed E-state index contributed by atoms with van der Waals surface area (Å²) >= 11 is 6.89. The summed E-state index contributed by atoms with van der Waals surface area (Å²) in [6.07, 6.45) is 1.74. The third-order valence-electron chi connectivity index (χ3n) is 7.32. The molecular formula is C35H31BrFIN2O8S. The largest absolute Gasteiger partial charge is 0.490 e. The van der Waals surface area contributed by atoms with Crippen molar-refractivity contribution in [2.75, 3.05) is 26.9 Å². The van der Waals surface area contributed by atoms with E-state index >= 15 is 0 Å². The number of fused-ring (bicyclic) bond motifs is 1. The van der Waals surface area contributed by atoms with Crippen molar-refractivity contribution in [3.63, 3.8) is 0 Å². The molecule has 0 fully saturated rings. The third kappa shape index (κ3) is 8.07. The Kier molecular flexibility index (Phi) is 11.9. The molecule has 0 bridgehead atoms. The molecule has 0 unspecified atom stereocenters. The van der Waals surface area contributed by atoms with Crippen molar-refractivity contribution in [3.05, 3.63) is 116 Å². The number of carbonyl (C=O) groups excluding carboxylic acids is 2. The zero-order valence-electron chi connectivity index (χ0n) is 26.9. The lowest BCUT2D eigenvalue weighted by Crippen LogP contribution is -2.40. The molecule has 0 saturated carbocycles. The van der Waals surface area contributed by atoms with Crippen LogP contribution in [-0.4, -0.2) is 43.4 Å². The van der Waals surface area contributed by atoms with Crippen LogP contribution >= 0.6 is 49.9 Å². The summed E-state index contributed by atoms with van der Waals surface area (Å²) in [5.41, 5.74) is 1.95. The van der Waals surface area contributed by atoms with E-state index in [-0.39, 0.29) is 36.8 Å². The van der Waals surface area contributed by atoms with Gasteiger partial charge in [-0.2, -0.15) is 0 Å². The van der Waals surface area contributed by atoms with E-state index in [1.54, 1.807) is 63.2 Å². The molecule has 49 heavy (non-hydrogen) atoms. The lowest BCUT2D eigenvalue weighted by molar-refractivity contribution is -0.143. The van der Waals surface area contributed by atoms with Crippen LogP contribution < -0.4 is 29.1 Å². The summed E-state index contributed by atoms with van der Waals surface area (Å²) in [5.74, 6) is -0.354. The Labute approximate surface area is 307 Å². The first-order valence-corrected chi connectivity index (χ1v) is 17.8. The Morgan fingerprint density at radius 1 is 1.06 bits per heavy atom. The van der Waals surface area contributed by atoms with Crippen molar-refractivity contribution in [1.82, 2.24) is 4.57 Å². The Balaban J connectivity index is 1.57. The van der Waals surface area contributed by atoms with E-state index in [1.807, 2.05) is 12.1 Å². The highest BCUT2D eigenvalue weighted by molar-refractivity contribution is 14.1. The molecule has 0 N–H and O–H groups in total. The van der Waals surface area contributed by atoms with Crippen LogP contribution in [0.15, 0.2) is 80.1 Å². The van der Waals surface area contributed by atoms with E-state index in [9.17, 15) is 18.8 Å². The smallest absolute Gasteiger partial charge is 0.343 e. The molecule has 14 heteroatoms. The number of hydrogen-bond acceptors (Lipinski definition) is 10. The van der Waals surface area contributed by atoms with Crippen LogP contribution in [0.4, 0.5) is 4.39 Å². The van der Waals surface area contributed by atoms with Gasteiger partial charge in [0.05, 0.1) is 50.2 Å².